The predicted octanol–water partition coefficient (Wildman–Crippen LogP) is 0.299. The van der Waals surface area contributed by atoms with Gasteiger partial charge in [-0.1, -0.05) is 18.2 Å². The summed E-state index contributed by atoms with van der Waals surface area (Å²) in [6.45, 7) is 0.289. The molecule has 8 nitrogen and oxygen atoms in total. The molecule has 2 aliphatic heterocycles. The van der Waals surface area contributed by atoms with E-state index >= 15 is 0 Å². The fourth-order valence-electron chi connectivity index (χ4n) is 5.69. The maximum atomic E-state index is 11.6. The van der Waals surface area contributed by atoms with Gasteiger partial charge < -0.3 is 14.6 Å². The summed E-state index contributed by atoms with van der Waals surface area (Å²) in [7, 11) is -1.24. The minimum atomic E-state index is -4.69. The highest BCUT2D eigenvalue weighted by Gasteiger charge is 2.69. The summed E-state index contributed by atoms with van der Waals surface area (Å²) in [6.07, 6.45) is 1.85. The molecule has 2 heterocycles. The quantitative estimate of drug-likeness (QED) is 0.556. The SMILES string of the molecule is COc1ccc2c3c1O[C@H]1[C@@H](O)C=C[C@H]4[C@@H](C2)N(C)C[C@H](OS(=O)(=O)O)[C@@]341. The number of likely N-dealkylation sites (N-methyl/N-ethyl adjacent to an activating group) is 1. The first-order chi connectivity index (χ1) is 12.8. The van der Waals surface area contributed by atoms with Gasteiger partial charge in [0.1, 0.15) is 18.3 Å². The van der Waals surface area contributed by atoms with Crippen LogP contribution in [0.3, 0.4) is 0 Å². The van der Waals surface area contributed by atoms with E-state index in [1.165, 1.54) is 0 Å². The average molecular weight is 395 g/mol. The van der Waals surface area contributed by atoms with Crippen LogP contribution >= 0.6 is 0 Å². The Morgan fingerprint density at radius 3 is 2.81 bits per heavy atom. The smallest absolute Gasteiger partial charge is 0.397 e. The number of rotatable bonds is 3. The van der Waals surface area contributed by atoms with Crippen LogP contribution in [0.5, 0.6) is 11.5 Å². The molecule has 0 saturated carbocycles. The lowest BCUT2D eigenvalue weighted by Gasteiger charge is -2.59. The fourth-order valence-corrected chi connectivity index (χ4v) is 6.20. The molecule has 9 heteroatoms. The van der Waals surface area contributed by atoms with Gasteiger partial charge >= 0.3 is 10.4 Å². The lowest BCUT2D eigenvalue weighted by Crippen LogP contribution is -2.71. The van der Waals surface area contributed by atoms with Crippen molar-refractivity contribution in [2.75, 3.05) is 20.7 Å². The average Bonchev–Trinajstić information content (AvgIpc) is 2.96. The van der Waals surface area contributed by atoms with Crippen molar-refractivity contribution in [2.45, 2.75) is 36.2 Å². The number of methoxy groups -OCH3 is 1. The molecule has 1 aromatic rings. The Morgan fingerprint density at radius 1 is 1.33 bits per heavy atom. The molecule has 6 atom stereocenters. The Hall–Kier alpha value is -1.65. The Balaban J connectivity index is 1.82. The first kappa shape index (κ1) is 17.4. The molecule has 1 saturated heterocycles. The van der Waals surface area contributed by atoms with Crippen LogP contribution in [0.2, 0.25) is 0 Å². The van der Waals surface area contributed by atoms with Crippen molar-refractivity contribution in [1.29, 1.82) is 0 Å². The molecule has 1 aromatic carbocycles. The third-order valence-corrected chi connectivity index (χ3v) is 7.06. The minimum Gasteiger partial charge on any atom is -0.493 e. The summed E-state index contributed by atoms with van der Waals surface area (Å²) in [6, 6.07) is 3.90. The van der Waals surface area contributed by atoms with Crippen LogP contribution < -0.4 is 9.47 Å². The molecule has 2 aliphatic carbocycles. The first-order valence-corrected chi connectivity index (χ1v) is 10.2. The number of hydrogen-bond donors (Lipinski definition) is 2. The van der Waals surface area contributed by atoms with Gasteiger partial charge in [0.05, 0.1) is 12.5 Å². The Labute approximate surface area is 157 Å². The fraction of sp³-hybridized carbons (Fsp3) is 0.556. The Bertz CT molecular complexity index is 945. The number of piperidine rings is 1. The largest absolute Gasteiger partial charge is 0.493 e. The van der Waals surface area contributed by atoms with E-state index in [4.69, 9.17) is 13.7 Å². The van der Waals surface area contributed by atoms with E-state index < -0.39 is 34.1 Å². The molecule has 0 radical (unpaired) electrons. The van der Waals surface area contributed by atoms with Gasteiger partial charge in [0, 0.05) is 24.1 Å². The molecular weight excluding hydrogens is 374 g/mol. The molecule has 0 unspecified atom stereocenters. The highest BCUT2D eigenvalue weighted by molar-refractivity contribution is 7.80. The number of likely N-dealkylation sites (tertiary alicyclic amines) is 1. The molecule has 0 aromatic heterocycles. The number of aliphatic hydroxyl groups is 1. The van der Waals surface area contributed by atoms with Gasteiger partial charge in [0.2, 0.25) is 0 Å². The number of benzene rings is 1. The zero-order valence-electron chi connectivity index (χ0n) is 14.9. The second kappa shape index (κ2) is 5.45. The molecule has 27 heavy (non-hydrogen) atoms. The maximum absolute atomic E-state index is 11.6. The van der Waals surface area contributed by atoms with Crippen molar-refractivity contribution < 1.29 is 31.7 Å². The molecule has 2 bridgehead atoms. The summed E-state index contributed by atoms with van der Waals surface area (Å²) in [5.74, 6) is 0.934. The van der Waals surface area contributed by atoms with Gasteiger partial charge in [-0.15, -0.1) is 0 Å². The molecule has 0 amide bonds. The van der Waals surface area contributed by atoms with Gasteiger partial charge in [0.25, 0.3) is 0 Å². The van der Waals surface area contributed by atoms with Crippen LogP contribution in [0.25, 0.3) is 0 Å². The standard InChI is InChI=1S/C18H21NO7S/c1-19-8-14(26-27(21,22)23)18-10-4-5-12(20)17(18)25-16-13(24-2)6-3-9(15(16)18)7-11(10)19/h3-6,10-12,14,17,20H,7-8H2,1-2H3,(H,21,22,23)/t10-,11+,12-,14-,17-,18+/m0/s1. The third-order valence-electron chi connectivity index (χ3n) is 6.59. The van der Waals surface area contributed by atoms with Crippen LogP contribution in [0.4, 0.5) is 0 Å². The highest BCUT2D eigenvalue weighted by Crippen LogP contribution is 2.63. The van der Waals surface area contributed by atoms with E-state index in [1.54, 1.807) is 13.2 Å². The van der Waals surface area contributed by atoms with Crippen LogP contribution in [0.15, 0.2) is 24.3 Å². The number of hydrogen-bond acceptors (Lipinski definition) is 7. The van der Waals surface area contributed by atoms with E-state index in [1.807, 2.05) is 25.3 Å². The zero-order valence-corrected chi connectivity index (χ0v) is 15.7. The molecule has 2 N–H and O–H groups in total. The normalized spacial score (nSPS) is 39.0. The summed E-state index contributed by atoms with van der Waals surface area (Å²) in [5, 5.41) is 10.7. The summed E-state index contributed by atoms with van der Waals surface area (Å²) in [4.78, 5) is 2.05. The Morgan fingerprint density at radius 2 is 2.11 bits per heavy atom. The Kier molecular flexibility index (Phi) is 3.52. The number of ether oxygens (including phenoxy) is 2. The van der Waals surface area contributed by atoms with Gasteiger partial charge in [-0.25, -0.2) is 4.18 Å². The lowest BCUT2D eigenvalue weighted by atomic mass is 9.52. The molecule has 1 spiro atoms. The molecule has 1 fully saturated rings. The van der Waals surface area contributed by atoms with Crippen LogP contribution in [0, 0.1) is 5.92 Å². The van der Waals surface area contributed by atoms with Gasteiger partial charge in [-0.2, -0.15) is 8.42 Å². The van der Waals surface area contributed by atoms with E-state index in [2.05, 4.69) is 4.90 Å². The van der Waals surface area contributed by atoms with Gasteiger partial charge in [0.15, 0.2) is 11.5 Å². The monoisotopic (exact) mass is 395 g/mol. The van der Waals surface area contributed by atoms with Crippen molar-refractivity contribution in [3.63, 3.8) is 0 Å². The van der Waals surface area contributed by atoms with Crippen LogP contribution in [-0.2, 0) is 26.4 Å². The topological polar surface area (TPSA) is 106 Å². The first-order valence-electron chi connectivity index (χ1n) is 8.86. The number of aliphatic hydroxyl groups excluding tert-OH is 1. The minimum absolute atomic E-state index is 0.105. The predicted molar refractivity (Wildman–Crippen MR) is 94.3 cm³/mol. The molecule has 5 rings (SSSR count). The van der Waals surface area contributed by atoms with Crippen LogP contribution in [-0.4, -0.2) is 68.0 Å². The van der Waals surface area contributed by atoms with E-state index in [9.17, 15) is 18.1 Å². The molecular formula is C18H21NO7S. The van der Waals surface area contributed by atoms with Crippen molar-refractivity contribution in [2.24, 2.45) is 5.92 Å². The van der Waals surface area contributed by atoms with Crippen molar-refractivity contribution in [3.8, 4) is 11.5 Å². The van der Waals surface area contributed by atoms with Crippen molar-refractivity contribution in [1.82, 2.24) is 4.90 Å². The van der Waals surface area contributed by atoms with E-state index in [-0.39, 0.29) is 18.5 Å². The lowest BCUT2D eigenvalue weighted by molar-refractivity contribution is -0.105. The summed E-state index contributed by atoms with van der Waals surface area (Å²) >= 11 is 0. The second-order valence-corrected chi connectivity index (χ2v) is 8.78. The molecule has 4 aliphatic rings. The number of nitrogens with zero attached hydrogens (tertiary/aromatic N) is 1. The van der Waals surface area contributed by atoms with Gasteiger partial charge in [-0.05, 0) is 25.1 Å². The highest BCUT2D eigenvalue weighted by atomic mass is 32.3. The summed E-state index contributed by atoms with van der Waals surface area (Å²) < 4.78 is 49.6. The van der Waals surface area contributed by atoms with Crippen LogP contribution in [0.1, 0.15) is 11.1 Å². The zero-order chi connectivity index (χ0) is 19.1. The third kappa shape index (κ3) is 2.14. The van der Waals surface area contributed by atoms with Crippen molar-refractivity contribution >= 4 is 10.4 Å². The van der Waals surface area contributed by atoms with E-state index in [0.29, 0.717) is 11.5 Å². The van der Waals surface area contributed by atoms with E-state index in [0.717, 1.165) is 17.5 Å². The van der Waals surface area contributed by atoms with Crippen molar-refractivity contribution in [3.05, 3.63) is 35.4 Å². The van der Waals surface area contributed by atoms with Gasteiger partial charge in [-0.3, -0.25) is 9.45 Å². The molecule has 146 valence electrons. The maximum Gasteiger partial charge on any atom is 0.397 e. The second-order valence-electron chi connectivity index (χ2n) is 7.73. The summed E-state index contributed by atoms with van der Waals surface area (Å²) in [5.41, 5.74) is 0.935.